The minimum atomic E-state index is -0.200. The van der Waals surface area contributed by atoms with Crippen molar-refractivity contribution in [3.63, 3.8) is 0 Å². The number of aryl methyl sites for hydroxylation is 2. The van der Waals surface area contributed by atoms with Crippen LogP contribution in [-0.2, 0) is 28.5 Å². The van der Waals surface area contributed by atoms with Crippen LogP contribution < -0.4 is 10.3 Å². The normalized spacial score (nSPS) is 13.6. The molecule has 0 unspecified atom stereocenters. The molecule has 9 nitrogen and oxygen atoms in total. The third kappa shape index (κ3) is 7.10. The van der Waals surface area contributed by atoms with Crippen molar-refractivity contribution in [1.29, 1.82) is 0 Å². The van der Waals surface area contributed by atoms with Gasteiger partial charge in [0, 0.05) is 12.2 Å². The van der Waals surface area contributed by atoms with Gasteiger partial charge in [-0.05, 0) is 45.5 Å². The van der Waals surface area contributed by atoms with Gasteiger partial charge in [-0.1, -0.05) is 13.8 Å². The molecule has 3 aromatic rings. The van der Waals surface area contributed by atoms with Gasteiger partial charge in [0.2, 0.25) is 0 Å². The number of aromatic nitrogens is 4. The van der Waals surface area contributed by atoms with Crippen LogP contribution in [0.3, 0.4) is 0 Å². The summed E-state index contributed by atoms with van der Waals surface area (Å²) in [7, 11) is 0. The maximum atomic E-state index is 12.5. The van der Waals surface area contributed by atoms with E-state index in [4.69, 9.17) is 8.28 Å². The predicted octanol–water partition coefficient (Wildman–Crippen LogP) is 3.12. The molecule has 1 saturated heterocycles. The van der Waals surface area contributed by atoms with E-state index in [9.17, 15) is 4.79 Å². The monoisotopic (exact) mass is 632 g/mol. The Morgan fingerprint density at radius 3 is 2.58 bits per heavy atom. The average Bonchev–Trinajstić information content (AvgIpc) is 3.17. The first kappa shape index (κ1) is 27.0. The number of nitrogens with zero attached hydrogens (tertiary/aromatic N) is 5. The van der Waals surface area contributed by atoms with Gasteiger partial charge in [0.25, 0.3) is 5.56 Å². The van der Waals surface area contributed by atoms with Crippen molar-refractivity contribution in [2.45, 2.75) is 40.5 Å². The SMILES string of the molecule is CCCc1nc(C)c2c(=O)[nH]c(-c3c[c-]ccc3OCC)nn12.CCN1CC[N-]CC1.[O]=[Os]. The van der Waals surface area contributed by atoms with Gasteiger partial charge in [-0.15, -0.1) is 19.2 Å². The van der Waals surface area contributed by atoms with E-state index in [1.807, 2.05) is 19.9 Å². The van der Waals surface area contributed by atoms with Crippen molar-refractivity contribution >= 4 is 5.52 Å². The molecular formula is C23H32N6O3Os-2. The van der Waals surface area contributed by atoms with Gasteiger partial charge >= 0.3 is 22.1 Å². The van der Waals surface area contributed by atoms with Crippen LogP contribution in [0.5, 0.6) is 5.75 Å². The molecule has 1 aliphatic heterocycles. The van der Waals surface area contributed by atoms with E-state index < -0.39 is 0 Å². The number of benzene rings is 1. The van der Waals surface area contributed by atoms with Crippen LogP contribution in [0.4, 0.5) is 0 Å². The Bertz CT molecular complexity index is 1060. The van der Waals surface area contributed by atoms with E-state index in [2.05, 4.69) is 45.2 Å². The van der Waals surface area contributed by atoms with Gasteiger partial charge in [-0.2, -0.15) is 23.3 Å². The van der Waals surface area contributed by atoms with Crippen molar-refractivity contribution in [3.8, 4) is 17.1 Å². The summed E-state index contributed by atoms with van der Waals surface area (Å²) in [4.78, 5) is 22.2. The van der Waals surface area contributed by atoms with Gasteiger partial charge < -0.3 is 19.9 Å². The zero-order chi connectivity index (χ0) is 24.2. The Morgan fingerprint density at radius 1 is 1.24 bits per heavy atom. The number of aromatic amines is 1. The Labute approximate surface area is 205 Å². The summed E-state index contributed by atoms with van der Waals surface area (Å²) < 4.78 is 15.5. The number of fused-ring (bicyclic) bond motifs is 1. The van der Waals surface area contributed by atoms with Crippen LogP contribution in [-0.4, -0.2) is 63.8 Å². The summed E-state index contributed by atoms with van der Waals surface area (Å²) in [5.74, 6) is 1.92. The second-order valence-electron chi connectivity index (χ2n) is 7.39. The first-order valence-corrected chi connectivity index (χ1v) is 12.2. The van der Waals surface area contributed by atoms with E-state index >= 15 is 0 Å². The third-order valence-corrected chi connectivity index (χ3v) is 5.19. The van der Waals surface area contributed by atoms with Gasteiger partial charge in [0.05, 0.1) is 12.3 Å². The average molecular weight is 631 g/mol. The fourth-order valence-corrected chi connectivity index (χ4v) is 3.59. The molecule has 0 radical (unpaired) electrons. The van der Waals surface area contributed by atoms with Crippen LogP contribution in [0.25, 0.3) is 22.2 Å². The number of rotatable bonds is 6. The molecule has 33 heavy (non-hydrogen) atoms. The minimum absolute atomic E-state index is 0.200. The van der Waals surface area contributed by atoms with Crippen LogP contribution in [0.2, 0.25) is 0 Å². The summed E-state index contributed by atoms with van der Waals surface area (Å²) >= 11 is 0.611. The fourth-order valence-electron chi connectivity index (χ4n) is 3.59. The van der Waals surface area contributed by atoms with Crippen molar-refractivity contribution in [1.82, 2.24) is 24.5 Å². The quantitative estimate of drug-likeness (QED) is 0.420. The van der Waals surface area contributed by atoms with Gasteiger partial charge in [-0.3, -0.25) is 4.79 Å². The molecule has 10 heteroatoms. The van der Waals surface area contributed by atoms with Crippen molar-refractivity contribution in [3.05, 3.63) is 51.5 Å². The van der Waals surface area contributed by atoms with Crippen LogP contribution in [0, 0.1) is 13.0 Å². The molecule has 0 atom stereocenters. The Balaban J connectivity index is 0.000000323. The molecule has 0 aliphatic carbocycles. The van der Waals surface area contributed by atoms with E-state index in [-0.39, 0.29) is 5.56 Å². The van der Waals surface area contributed by atoms with E-state index in [0.29, 0.717) is 53.5 Å². The molecule has 1 aliphatic rings. The van der Waals surface area contributed by atoms with E-state index in [1.165, 1.54) is 19.6 Å². The number of ether oxygens (including phenoxy) is 1. The van der Waals surface area contributed by atoms with Crippen LogP contribution in [0.15, 0.2) is 23.0 Å². The molecular weight excluding hydrogens is 599 g/mol. The van der Waals surface area contributed by atoms with Crippen molar-refractivity contribution in [2.75, 3.05) is 39.3 Å². The number of nitrogens with one attached hydrogen (secondary N) is 1. The van der Waals surface area contributed by atoms with Crippen molar-refractivity contribution in [2.24, 2.45) is 0 Å². The second-order valence-corrected chi connectivity index (χ2v) is 7.39. The molecule has 0 spiro atoms. The molecule has 4 rings (SSSR count). The van der Waals surface area contributed by atoms with Gasteiger partial charge in [0.15, 0.2) is 5.52 Å². The second kappa shape index (κ2) is 14.1. The number of hydrogen-bond donors (Lipinski definition) is 1. The molecule has 2 aromatic heterocycles. The van der Waals surface area contributed by atoms with Gasteiger partial charge in [0.1, 0.15) is 11.6 Å². The molecule has 1 fully saturated rings. The van der Waals surface area contributed by atoms with E-state index in [0.717, 1.165) is 31.8 Å². The number of likely N-dealkylation sites (N-methyl/N-ethyl adjacent to an activating group) is 1. The number of imidazole rings is 1. The molecule has 0 saturated carbocycles. The number of H-pyrrole nitrogens is 1. The van der Waals surface area contributed by atoms with Gasteiger partial charge in [-0.25, -0.2) is 9.50 Å². The number of hydrogen-bond acceptors (Lipinski definition) is 6. The number of piperazine rings is 1. The Hall–Kier alpha value is -2.27. The zero-order valence-corrected chi connectivity index (χ0v) is 22.2. The first-order chi connectivity index (χ1) is 16.1. The predicted molar refractivity (Wildman–Crippen MR) is 124 cm³/mol. The summed E-state index contributed by atoms with van der Waals surface area (Å²) in [5, 5.41) is 8.82. The third-order valence-electron chi connectivity index (χ3n) is 5.19. The standard InChI is InChI=1S/C17H19N4O2.C6H13N2.O.Os/c1-4-8-14-18-11(3)15-17(22)19-16(20-21(14)15)12-9-6-7-10-13(12)23-5-2;1-2-8-5-3-7-4-6-8;;/h7,9-10H,4-5,8H2,1-3H3,(H,19,20,22);2-6H2,1H3;;/q2*-1;;. The van der Waals surface area contributed by atoms with Crippen LogP contribution >= 0.6 is 0 Å². The Morgan fingerprint density at radius 2 is 1.97 bits per heavy atom. The Kier molecular flexibility index (Phi) is 11.5. The summed E-state index contributed by atoms with van der Waals surface area (Å²) in [6.45, 7) is 14.2. The first-order valence-electron chi connectivity index (χ1n) is 11.2. The topological polar surface area (TPSA) is 107 Å². The zero-order valence-electron chi connectivity index (χ0n) is 19.7. The summed E-state index contributed by atoms with van der Waals surface area (Å²) in [5.41, 5.74) is 1.70. The molecule has 0 amide bonds. The van der Waals surface area contributed by atoms with E-state index in [1.54, 1.807) is 16.6 Å². The molecule has 1 N–H and O–H groups in total. The maximum absolute atomic E-state index is 12.5. The van der Waals surface area contributed by atoms with Crippen molar-refractivity contribution < 1.29 is 26.8 Å². The molecule has 182 valence electrons. The fraction of sp³-hybridized carbons (Fsp3) is 0.522. The molecule has 3 heterocycles. The molecule has 1 aromatic carbocycles. The summed E-state index contributed by atoms with van der Waals surface area (Å²) in [6, 6.07) is 8.35. The molecule has 0 bridgehead atoms. The summed E-state index contributed by atoms with van der Waals surface area (Å²) in [6.07, 6.45) is 1.70. The van der Waals surface area contributed by atoms with Crippen LogP contribution in [0.1, 0.15) is 38.7 Å².